The SMILES string of the molecule is CCCOCCCN1C(=O)C2(CCCC2)NC(=O)C1C. The molecule has 1 saturated carbocycles. The van der Waals surface area contributed by atoms with Crippen molar-refractivity contribution in [2.45, 2.75) is 64.0 Å². The normalized spacial score (nSPS) is 25.3. The van der Waals surface area contributed by atoms with Gasteiger partial charge in [0.15, 0.2) is 0 Å². The van der Waals surface area contributed by atoms with Crippen LogP contribution in [0.3, 0.4) is 0 Å². The molecule has 5 heteroatoms. The maximum Gasteiger partial charge on any atom is 0.248 e. The fourth-order valence-electron chi connectivity index (χ4n) is 3.18. The van der Waals surface area contributed by atoms with Crippen molar-refractivity contribution in [3.8, 4) is 0 Å². The number of carbonyl (C=O) groups excluding carboxylic acids is 2. The van der Waals surface area contributed by atoms with Crippen LogP contribution in [0.4, 0.5) is 0 Å². The molecule has 2 fully saturated rings. The number of ether oxygens (including phenoxy) is 1. The quantitative estimate of drug-likeness (QED) is 0.750. The number of rotatable bonds is 6. The standard InChI is InChI=1S/C15H26N2O3/c1-3-10-20-11-6-9-17-12(2)13(18)16-15(14(17)19)7-4-5-8-15/h12H,3-11H2,1-2H3,(H,16,18). The molecular formula is C15H26N2O3. The van der Waals surface area contributed by atoms with Crippen molar-refractivity contribution in [1.29, 1.82) is 0 Å². The first-order chi connectivity index (χ1) is 9.60. The van der Waals surface area contributed by atoms with Crippen molar-refractivity contribution in [3.05, 3.63) is 0 Å². The van der Waals surface area contributed by atoms with Crippen LogP contribution in [0, 0.1) is 0 Å². The summed E-state index contributed by atoms with van der Waals surface area (Å²) < 4.78 is 5.45. The lowest BCUT2D eigenvalue weighted by molar-refractivity contribution is -0.154. The summed E-state index contributed by atoms with van der Waals surface area (Å²) in [5.41, 5.74) is -0.603. The number of hydrogen-bond acceptors (Lipinski definition) is 3. The molecule has 5 nitrogen and oxygen atoms in total. The van der Waals surface area contributed by atoms with Crippen LogP contribution in [0.2, 0.25) is 0 Å². The average molecular weight is 282 g/mol. The van der Waals surface area contributed by atoms with Gasteiger partial charge in [-0.3, -0.25) is 9.59 Å². The Balaban J connectivity index is 1.94. The number of hydrogen-bond donors (Lipinski definition) is 1. The largest absolute Gasteiger partial charge is 0.381 e. The molecule has 1 saturated heterocycles. The van der Waals surface area contributed by atoms with E-state index < -0.39 is 5.54 Å². The van der Waals surface area contributed by atoms with Crippen molar-refractivity contribution >= 4 is 11.8 Å². The molecule has 1 unspecified atom stereocenters. The fraction of sp³-hybridized carbons (Fsp3) is 0.867. The molecule has 2 rings (SSSR count). The molecule has 1 atom stereocenters. The molecule has 0 aromatic heterocycles. The third kappa shape index (κ3) is 2.97. The highest BCUT2D eigenvalue weighted by Gasteiger charge is 2.50. The van der Waals surface area contributed by atoms with Gasteiger partial charge in [0.1, 0.15) is 11.6 Å². The summed E-state index contributed by atoms with van der Waals surface area (Å²) in [6.07, 6.45) is 5.41. The molecular weight excluding hydrogens is 256 g/mol. The zero-order valence-electron chi connectivity index (χ0n) is 12.6. The minimum absolute atomic E-state index is 0.0130. The van der Waals surface area contributed by atoms with E-state index in [9.17, 15) is 9.59 Å². The molecule has 0 aromatic carbocycles. The Morgan fingerprint density at radius 3 is 2.65 bits per heavy atom. The van der Waals surface area contributed by atoms with Gasteiger partial charge in [-0.25, -0.2) is 0 Å². The van der Waals surface area contributed by atoms with E-state index in [1.807, 2.05) is 6.92 Å². The van der Waals surface area contributed by atoms with Crippen molar-refractivity contribution < 1.29 is 14.3 Å². The van der Waals surface area contributed by atoms with Crippen LogP contribution in [0.5, 0.6) is 0 Å². The molecule has 0 radical (unpaired) electrons. The highest BCUT2D eigenvalue weighted by atomic mass is 16.5. The van der Waals surface area contributed by atoms with Gasteiger partial charge in [0.05, 0.1) is 0 Å². The summed E-state index contributed by atoms with van der Waals surface area (Å²) in [6, 6.07) is -0.361. The lowest BCUT2D eigenvalue weighted by atomic mass is 9.91. The number of nitrogens with zero attached hydrogens (tertiary/aromatic N) is 1. The third-order valence-electron chi connectivity index (χ3n) is 4.37. The lowest BCUT2D eigenvalue weighted by Crippen LogP contribution is -2.68. The van der Waals surface area contributed by atoms with E-state index in [-0.39, 0.29) is 17.9 Å². The number of amides is 2. The summed E-state index contributed by atoms with van der Waals surface area (Å²) in [5.74, 6) is 0.0959. The van der Waals surface area contributed by atoms with E-state index in [0.29, 0.717) is 13.2 Å². The minimum atomic E-state index is -0.603. The van der Waals surface area contributed by atoms with Crippen LogP contribution in [0.25, 0.3) is 0 Å². The van der Waals surface area contributed by atoms with Crippen molar-refractivity contribution in [1.82, 2.24) is 10.2 Å². The molecule has 1 N–H and O–H groups in total. The van der Waals surface area contributed by atoms with Crippen LogP contribution < -0.4 is 5.32 Å². The molecule has 1 aliphatic carbocycles. The first-order valence-electron chi connectivity index (χ1n) is 7.81. The van der Waals surface area contributed by atoms with Crippen LogP contribution in [-0.4, -0.2) is 48.1 Å². The zero-order chi connectivity index (χ0) is 14.6. The number of carbonyl (C=O) groups is 2. The second-order valence-corrected chi connectivity index (χ2v) is 5.92. The molecule has 20 heavy (non-hydrogen) atoms. The van der Waals surface area contributed by atoms with E-state index in [1.54, 1.807) is 4.90 Å². The molecule has 114 valence electrons. The first-order valence-corrected chi connectivity index (χ1v) is 7.81. The molecule has 1 spiro atoms. The predicted molar refractivity (Wildman–Crippen MR) is 76.2 cm³/mol. The van der Waals surface area contributed by atoms with Gasteiger partial charge in [-0.05, 0) is 32.6 Å². The Labute approximate surface area is 121 Å². The third-order valence-corrected chi connectivity index (χ3v) is 4.37. The van der Waals surface area contributed by atoms with Gasteiger partial charge < -0.3 is 15.0 Å². The highest BCUT2D eigenvalue weighted by molar-refractivity contribution is 5.99. The van der Waals surface area contributed by atoms with Gasteiger partial charge in [-0.2, -0.15) is 0 Å². The molecule has 2 aliphatic rings. The fourth-order valence-corrected chi connectivity index (χ4v) is 3.18. The Morgan fingerprint density at radius 1 is 1.30 bits per heavy atom. The summed E-state index contributed by atoms with van der Waals surface area (Å²) >= 11 is 0. The van der Waals surface area contributed by atoms with E-state index in [2.05, 4.69) is 12.2 Å². The lowest BCUT2D eigenvalue weighted by Gasteiger charge is -2.43. The van der Waals surface area contributed by atoms with E-state index in [0.717, 1.165) is 45.1 Å². The van der Waals surface area contributed by atoms with Crippen molar-refractivity contribution in [3.63, 3.8) is 0 Å². The number of piperazine rings is 1. The second kappa shape index (κ2) is 6.57. The first kappa shape index (κ1) is 15.3. The summed E-state index contributed by atoms with van der Waals surface area (Å²) in [5, 5.41) is 2.97. The van der Waals surface area contributed by atoms with E-state index in [1.165, 1.54) is 0 Å². The van der Waals surface area contributed by atoms with Crippen LogP contribution >= 0.6 is 0 Å². The van der Waals surface area contributed by atoms with E-state index >= 15 is 0 Å². The monoisotopic (exact) mass is 282 g/mol. The number of nitrogens with one attached hydrogen (secondary N) is 1. The van der Waals surface area contributed by atoms with Gasteiger partial charge >= 0.3 is 0 Å². The topological polar surface area (TPSA) is 58.6 Å². The van der Waals surface area contributed by atoms with Gasteiger partial charge in [0.25, 0.3) is 0 Å². The summed E-state index contributed by atoms with van der Waals surface area (Å²) in [6.45, 7) is 5.90. The van der Waals surface area contributed by atoms with Crippen molar-refractivity contribution in [2.24, 2.45) is 0 Å². The molecule has 2 amide bonds. The van der Waals surface area contributed by atoms with Gasteiger partial charge in [-0.15, -0.1) is 0 Å². The van der Waals surface area contributed by atoms with Crippen molar-refractivity contribution in [2.75, 3.05) is 19.8 Å². The van der Waals surface area contributed by atoms with Gasteiger partial charge in [-0.1, -0.05) is 19.8 Å². The minimum Gasteiger partial charge on any atom is -0.381 e. The molecule has 0 bridgehead atoms. The Hall–Kier alpha value is -1.10. The Bertz CT molecular complexity index is 364. The molecule has 1 aliphatic heterocycles. The van der Waals surface area contributed by atoms with Crippen LogP contribution in [-0.2, 0) is 14.3 Å². The maximum atomic E-state index is 12.7. The zero-order valence-corrected chi connectivity index (χ0v) is 12.6. The highest BCUT2D eigenvalue weighted by Crippen LogP contribution is 2.34. The maximum absolute atomic E-state index is 12.7. The van der Waals surface area contributed by atoms with Gasteiger partial charge in [0, 0.05) is 19.8 Å². The van der Waals surface area contributed by atoms with E-state index in [4.69, 9.17) is 4.74 Å². The molecule has 1 heterocycles. The summed E-state index contributed by atoms with van der Waals surface area (Å²) in [4.78, 5) is 26.6. The average Bonchev–Trinajstić information content (AvgIpc) is 2.89. The predicted octanol–water partition coefficient (Wildman–Crippen LogP) is 1.46. The smallest absolute Gasteiger partial charge is 0.248 e. The van der Waals surface area contributed by atoms with Crippen LogP contribution in [0.1, 0.15) is 52.4 Å². The van der Waals surface area contributed by atoms with Gasteiger partial charge in [0.2, 0.25) is 11.8 Å². The Morgan fingerprint density at radius 2 is 2.00 bits per heavy atom. The summed E-state index contributed by atoms with van der Waals surface area (Å²) in [7, 11) is 0. The Kier molecular flexibility index (Phi) is 5.02. The second-order valence-electron chi connectivity index (χ2n) is 5.92. The molecule has 0 aromatic rings. The van der Waals surface area contributed by atoms with Crippen LogP contribution in [0.15, 0.2) is 0 Å².